The van der Waals surface area contributed by atoms with Crippen molar-refractivity contribution in [2.45, 2.75) is 33.2 Å². The third-order valence-electron chi connectivity index (χ3n) is 5.91. The lowest BCUT2D eigenvalue weighted by Crippen LogP contribution is -2.40. The van der Waals surface area contributed by atoms with Gasteiger partial charge in [0.1, 0.15) is 17.3 Å². The summed E-state index contributed by atoms with van der Waals surface area (Å²) in [5, 5.41) is 7.36. The molecule has 4 rings (SSSR count). The Bertz CT molecular complexity index is 1310. The molecule has 1 saturated heterocycles. The van der Waals surface area contributed by atoms with Gasteiger partial charge in [-0.15, -0.1) is 0 Å². The zero-order chi connectivity index (χ0) is 24.9. The maximum atomic E-state index is 13.1. The maximum absolute atomic E-state index is 13.1. The number of amides is 2. The Hall–Kier alpha value is -3.70. The van der Waals surface area contributed by atoms with Crippen molar-refractivity contribution < 1.29 is 14.0 Å². The van der Waals surface area contributed by atoms with Crippen molar-refractivity contribution in [3.8, 4) is 11.8 Å². The van der Waals surface area contributed by atoms with E-state index in [1.807, 2.05) is 17.9 Å². The number of pyridine rings is 1. The molecular formula is C26H25ClFN5O2. The predicted molar refractivity (Wildman–Crippen MR) is 132 cm³/mol. The van der Waals surface area contributed by atoms with Crippen LogP contribution in [0.2, 0.25) is 5.02 Å². The van der Waals surface area contributed by atoms with Crippen LogP contribution in [0.25, 0.3) is 0 Å². The summed E-state index contributed by atoms with van der Waals surface area (Å²) in [5.74, 6) is 5.87. The van der Waals surface area contributed by atoms with Gasteiger partial charge in [-0.1, -0.05) is 23.4 Å². The number of hydrogen-bond acceptors (Lipinski definition) is 4. The van der Waals surface area contributed by atoms with Gasteiger partial charge < -0.3 is 10.2 Å². The molecule has 180 valence electrons. The third kappa shape index (κ3) is 6.06. The van der Waals surface area contributed by atoms with E-state index < -0.39 is 5.91 Å². The first-order valence-corrected chi connectivity index (χ1v) is 11.7. The predicted octanol–water partition coefficient (Wildman–Crippen LogP) is 4.29. The number of carbonyl (C=O) groups excluding carboxylic acids is 2. The van der Waals surface area contributed by atoms with E-state index in [9.17, 15) is 14.0 Å². The number of halogens is 2. The zero-order valence-corrected chi connectivity index (χ0v) is 20.3. The largest absolute Gasteiger partial charge is 0.343 e. The number of benzene rings is 1. The molecule has 7 nitrogen and oxygen atoms in total. The fourth-order valence-electron chi connectivity index (χ4n) is 4.09. The highest BCUT2D eigenvalue weighted by molar-refractivity contribution is 6.34. The lowest BCUT2D eigenvalue weighted by molar-refractivity contribution is -0.130. The van der Waals surface area contributed by atoms with Gasteiger partial charge in [0, 0.05) is 43.9 Å². The molecular weight excluding hydrogens is 469 g/mol. The molecule has 1 fully saturated rings. The highest BCUT2D eigenvalue weighted by Gasteiger charge is 2.25. The standard InChI is InChI=1S/C26H25ClFN5O2/c1-17-12-20(6-5-19-7-9-22(28)10-8-19)13-29-25(17)31-26(35)24-23(27)14-30-33(24)16-21-4-3-11-32(15-21)18(2)34/h7-10,12-14,21H,3-4,11,15-16H2,1-2H3,(H,29,31,35). The molecule has 3 heterocycles. The van der Waals surface area contributed by atoms with E-state index in [-0.39, 0.29) is 28.4 Å². The van der Waals surface area contributed by atoms with Crippen molar-refractivity contribution >= 4 is 29.2 Å². The van der Waals surface area contributed by atoms with Crippen molar-refractivity contribution in [2.24, 2.45) is 5.92 Å². The van der Waals surface area contributed by atoms with E-state index in [0.717, 1.165) is 24.9 Å². The molecule has 0 spiro atoms. The van der Waals surface area contributed by atoms with Crippen LogP contribution in [0.1, 0.15) is 46.9 Å². The first kappa shape index (κ1) is 24.4. The molecule has 3 aromatic rings. The van der Waals surface area contributed by atoms with Crippen molar-refractivity contribution in [1.82, 2.24) is 19.7 Å². The van der Waals surface area contributed by atoms with E-state index in [4.69, 9.17) is 11.6 Å². The van der Waals surface area contributed by atoms with Crippen LogP contribution in [0.3, 0.4) is 0 Å². The Labute approximate surface area is 208 Å². The van der Waals surface area contributed by atoms with E-state index in [2.05, 4.69) is 27.2 Å². The van der Waals surface area contributed by atoms with Gasteiger partial charge in [-0.25, -0.2) is 9.37 Å². The number of likely N-dealkylation sites (tertiary alicyclic amines) is 1. The minimum absolute atomic E-state index is 0.0542. The second-order valence-electron chi connectivity index (χ2n) is 8.60. The van der Waals surface area contributed by atoms with Gasteiger partial charge in [0.15, 0.2) is 0 Å². The minimum atomic E-state index is -0.410. The molecule has 2 aromatic heterocycles. The Morgan fingerprint density at radius 1 is 1.20 bits per heavy atom. The summed E-state index contributed by atoms with van der Waals surface area (Å²) in [4.78, 5) is 31.0. The van der Waals surface area contributed by atoms with Gasteiger partial charge in [-0.2, -0.15) is 5.10 Å². The average Bonchev–Trinajstić information content (AvgIpc) is 3.20. The van der Waals surface area contributed by atoms with Crippen LogP contribution in [-0.2, 0) is 11.3 Å². The molecule has 1 aliphatic rings. The monoisotopic (exact) mass is 493 g/mol. The summed E-state index contributed by atoms with van der Waals surface area (Å²) in [7, 11) is 0. The van der Waals surface area contributed by atoms with Crippen LogP contribution in [-0.4, -0.2) is 44.6 Å². The lowest BCUT2D eigenvalue weighted by Gasteiger charge is -2.32. The van der Waals surface area contributed by atoms with Crippen LogP contribution in [0.4, 0.5) is 10.2 Å². The highest BCUT2D eigenvalue weighted by Crippen LogP contribution is 2.23. The van der Waals surface area contributed by atoms with Gasteiger partial charge in [-0.05, 0) is 61.6 Å². The van der Waals surface area contributed by atoms with Gasteiger partial charge in [0.25, 0.3) is 5.91 Å². The smallest absolute Gasteiger partial charge is 0.276 e. The summed E-state index contributed by atoms with van der Waals surface area (Å²) in [5.41, 5.74) is 2.35. The molecule has 1 aliphatic heterocycles. The number of nitrogens with one attached hydrogen (secondary N) is 1. The van der Waals surface area contributed by atoms with Crippen LogP contribution in [0.15, 0.2) is 42.7 Å². The topological polar surface area (TPSA) is 80.1 Å². The van der Waals surface area contributed by atoms with E-state index >= 15 is 0 Å². The summed E-state index contributed by atoms with van der Waals surface area (Å²) in [6.45, 7) is 5.27. The summed E-state index contributed by atoms with van der Waals surface area (Å²) in [6, 6.07) is 7.74. The van der Waals surface area contributed by atoms with Gasteiger partial charge >= 0.3 is 0 Å². The minimum Gasteiger partial charge on any atom is -0.343 e. The van der Waals surface area contributed by atoms with Crippen molar-refractivity contribution in [3.05, 3.63) is 75.9 Å². The van der Waals surface area contributed by atoms with E-state index in [1.165, 1.54) is 18.3 Å². The Morgan fingerprint density at radius 3 is 2.66 bits per heavy atom. The van der Waals surface area contributed by atoms with Crippen molar-refractivity contribution in [1.29, 1.82) is 0 Å². The zero-order valence-electron chi connectivity index (χ0n) is 19.5. The van der Waals surface area contributed by atoms with Gasteiger partial charge in [-0.3, -0.25) is 14.3 Å². The number of aryl methyl sites for hydroxylation is 1. The Kier molecular flexibility index (Phi) is 7.47. The molecule has 0 bridgehead atoms. The maximum Gasteiger partial charge on any atom is 0.276 e. The number of hydrogen-bond donors (Lipinski definition) is 1. The van der Waals surface area contributed by atoms with Crippen LogP contribution >= 0.6 is 11.6 Å². The molecule has 9 heteroatoms. The number of nitrogens with zero attached hydrogens (tertiary/aromatic N) is 4. The first-order chi connectivity index (χ1) is 16.8. The molecule has 2 amide bonds. The molecule has 1 unspecified atom stereocenters. The molecule has 0 saturated carbocycles. The first-order valence-electron chi connectivity index (χ1n) is 11.3. The summed E-state index contributed by atoms with van der Waals surface area (Å²) < 4.78 is 14.6. The number of carbonyl (C=O) groups is 2. The van der Waals surface area contributed by atoms with Gasteiger partial charge in [0.2, 0.25) is 5.91 Å². The molecule has 35 heavy (non-hydrogen) atoms. The SMILES string of the molecule is CC(=O)N1CCCC(Cn2ncc(Cl)c2C(=O)Nc2ncc(C#Cc3ccc(F)cc3)cc2C)C1. The highest BCUT2D eigenvalue weighted by atomic mass is 35.5. The lowest BCUT2D eigenvalue weighted by atomic mass is 9.98. The van der Waals surface area contributed by atoms with Gasteiger partial charge in [0.05, 0.1) is 11.2 Å². The number of piperidine rings is 1. The number of aromatic nitrogens is 3. The second kappa shape index (κ2) is 10.7. The normalized spacial score (nSPS) is 15.3. The molecule has 0 radical (unpaired) electrons. The summed E-state index contributed by atoms with van der Waals surface area (Å²) in [6.07, 6.45) is 4.89. The Morgan fingerprint density at radius 2 is 1.94 bits per heavy atom. The summed E-state index contributed by atoms with van der Waals surface area (Å²) >= 11 is 6.31. The van der Waals surface area contributed by atoms with Crippen LogP contribution < -0.4 is 5.32 Å². The van der Waals surface area contributed by atoms with Crippen molar-refractivity contribution in [2.75, 3.05) is 18.4 Å². The van der Waals surface area contributed by atoms with E-state index in [1.54, 1.807) is 29.9 Å². The Balaban J connectivity index is 1.46. The molecule has 1 aromatic carbocycles. The number of rotatable bonds is 4. The third-order valence-corrected chi connectivity index (χ3v) is 6.19. The van der Waals surface area contributed by atoms with Crippen molar-refractivity contribution in [3.63, 3.8) is 0 Å². The molecule has 1 N–H and O–H groups in total. The van der Waals surface area contributed by atoms with Crippen LogP contribution in [0, 0.1) is 30.5 Å². The fraction of sp³-hybridized carbons (Fsp3) is 0.308. The quantitative estimate of drug-likeness (QED) is 0.550. The fourth-order valence-corrected chi connectivity index (χ4v) is 4.32. The second-order valence-corrected chi connectivity index (χ2v) is 9.00. The number of anilines is 1. The van der Waals surface area contributed by atoms with Crippen LogP contribution in [0.5, 0.6) is 0 Å². The average molecular weight is 494 g/mol. The van der Waals surface area contributed by atoms with E-state index in [0.29, 0.717) is 30.0 Å². The molecule has 0 aliphatic carbocycles. The molecule has 1 atom stereocenters.